The predicted molar refractivity (Wildman–Crippen MR) is 98.5 cm³/mol. The number of alkyl carbamates (subject to hydrolysis) is 1. The van der Waals surface area contributed by atoms with Crippen molar-refractivity contribution in [1.82, 2.24) is 20.9 Å². The molecule has 0 aromatic heterocycles. The van der Waals surface area contributed by atoms with E-state index < -0.39 is 5.60 Å². The summed E-state index contributed by atoms with van der Waals surface area (Å²) in [6.07, 6.45) is 2.97. The van der Waals surface area contributed by atoms with Crippen LogP contribution in [0.5, 0.6) is 0 Å². The third kappa shape index (κ3) is 8.38. The highest BCUT2D eigenvalue weighted by molar-refractivity contribution is 5.79. The van der Waals surface area contributed by atoms with Crippen LogP contribution in [0.1, 0.15) is 47.0 Å². The number of hydrogen-bond acceptors (Lipinski definition) is 4. The molecule has 3 N–H and O–H groups in total. The molecule has 7 heteroatoms. The monoisotopic (exact) mass is 341 g/mol. The van der Waals surface area contributed by atoms with Gasteiger partial charge in [-0.05, 0) is 53.1 Å². The smallest absolute Gasteiger partial charge is 0.407 e. The molecule has 0 radical (unpaired) electrons. The molecule has 1 aliphatic heterocycles. The number of guanidine groups is 1. The number of amides is 1. The van der Waals surface area contributed by atoms with Crippen LogP contribution in [0, 0.1) is 0 Å². The Hall–Kier alpha value is -1.50. The molecule has 1 rings (SSSR count). The highest BCUT2D eigenvalue weighted by Crippen LogP contribution is 2.15. The van der Waals surface area contributed by atoms with Crippen molar-refractivity contribution in [3.63, 3.8) is 0 Å². The second-order valence-electron chi connectivity index (χ2n) is 7.09. The molecule has 1 saturated heterocycles. The lowest BCUT2D eigenvalue weighted by Gasteiger charge is -2.24. The van der Waals surface area contributed by atoms with Gasteiger partial charge in [0.25, 0.3) is 0 Å². The average molecular weight is 342 g/mol. The summed E-state index contributed by atoms with van der Waals surface area (Å²) >= 11 is 0. The van der Waals surface area contributed by atoms with Crippen LogP contribution < -0.4 is 16.0 Å². The predicted octanol–water partition coefficient (Wildman–Crippen LogP) is 1.55. The van der Waals surface area contributed by atoms with Crippen LogP contribution in [0.2, 0.25) is 0 Å². The van der Waals surface area contributed by atoms with E-state index in [0.717, 1.165) is 32.0 Å². The van der Waals surface area contributed by atoms with Gasteiger partial charge in [-0.1, -0.05) is 6.92 Å². The van der Waals surface area contributed by atoms with E-state index in [1.807, 2.05) is 20.8 Å². The van der Waals surface area contributed by atoms with Gasteiger partial charge in [0.2, 0.25) is 0 Å². The van der Waals surface area contributed by atoms with Gasteiger partial charge in [-0.15, -0.1) is 0 Å². The first-order valence-corrected chi connectivity index (χ1v) is 9.01. The Balaban J connectivity index is 2.13. The molecule has 1 fully saturated rings. The molecule has 1 aliphatic rings. The molecule has 1 unspecified atom stereocenters. The molecule has 1 heterocycles. The molecule has 0 saturated carbocycles. The number of carbonyl (C=O) groups is 1. The van der Waals surface area contributed by atoms with Gasteiger partial charge in [0.1, 0.15) is 5.60 Å². The van der Waals surface area contributed by atoms with Gasteiger partial charge >= 0.3 is 6.09 Å². The van der Waals surface area contributed by atoms with Gasteiger partial charge in [0.05, 0.1) is 0 Å². The Morgan fingerprint density at radius 1 is 1.25 bits per heavy atom. The number of likely N-dealkylation sites (tertiary alicyclic amines) is 1. The van der Waals surface area contributed by atoms with E-state index in [-0.39, 0.29) is 6.09 Å². The maximum Gasteiger partial charge on any atom is 0.407 e. The lowest BCUT2D eigenvalue weighted by molar-refractivity contribution is 0.0527. The van der Waals surface area contributed by atoms with E-state index in [1.54, 1.807) is 7.05 Å². The SMILES string of the molecule is CCN1CCCC1CNC(=NC)NCCCNC(=O)OC(C)(C)C. The summed E-state index contributed by atoms with van der Waals surface area (Å²) in [5.74, 6) is 0.815. The van der Waals surface area contributed by atoms with Crippen molar-refractivity contribution >= 4 is 12.1 Å². The Morgan fingerprint density at radius 3 is 2.58 bits per heavy atom. The van der Waals surface area contributed by atoms with Crippen LogP contribution in [-0.4, -0.2) is 68.4 Å². The third-order valence-electron chi connectivity index (χ3n) is 3.95. The van der Waals surface area contributed by atoms with Crippen molar-refractivity contribution < 1.29 is 9.53 Å². The summed E-state index contributed by atoms with van der Waals surface area (Å²) in [5, 5.41) is 9.42. The topological polar surface area (TPSA) is 78.0 Å². The number of carbonyl (C=O) groups excluding carboxylic acids is 1. The molecular weight excluding hydrogens is 306 g/mol. The van der Waals surface area contributed by atoms with Crippen molar-refractivity contribution in [3.05, 3.63) is 0 Å². The quantitative estimate of drug-likeness (QED) is 0.372. The van der Waals surface area contributed by atoms with E-state index in [0.29, 0.717) is 12.6 Å². The zero-order chi connectivity index (χ0) is 18.0. The van der Waals surface area contributed by atoms with Crippen molar-refractivity contribution in [2.75, 3.05) is 39.8 Å². The molecular formula is C17H35N5O2. The maximum atomic E-state index is 11.5. The molecule has 0 bridgehead atoms. The minimum absolute atomic E-state index is 0.370. The van der Waals surface area contributed by atoms with Crippen LogP contribution in [0.25, 0.3) is 0 Å². The molecule has 0 aliphatic carbocycles. The second kappa shape index (κ2) is 10.4. The Labute approximate surface area is 146 Å². The fraction of sp³-hybridized carbons (Fsp3) is 0.882. The summed E-state index contributed by atoms with van der Waals surface area (Å²) in [5.41, 5.74) is -0.457. The Bertz CT molecular complexity index is 406. The average Bonchev–Trinajstić information content (AvgIpc) is 2.95. The highest BCUT2D eigenvalue weighted by Gasteiger charge is 2.22. The summed E-state index contributed by atoms with van der Waals surface area (Å²) in [7, 11) is 1.78. The van der Waals surface area contributed by atoms with Gasteiger partial charge in [0, 0.05) is 32.7 Å². The lowest BCUT2D eigenvalue weighted by atomic mass is 10.2. The van der Waals surface area contributed by atoms with E-state index >= 15 is 0 Å². The molecule has 140 valence electrons. The number of nitrogens with zero attached hydrogens (tertiary/aromatic N) is 2. The Kier molecular flexibility index (Phi) is 8.89. The number of likely N-dealkylation sites (N-methyl/N-ethyl adjacent to an activating group) is 1. The van der Waals surface area contributed by atoms with Gasteiger partial charge < -0.3 is 20.7 Å². The molecule has 1 atom stereocenters. The standard InChI is InChI=1S/C17H35N5O2/c1-6-22-12-7-9-14(22)13-21-15(18-5)19-10-8-11-20-16(23)24-17(2,3)4/h14H,6-13H2,1-5H3,(H,20,23)(H2,18,19,21). The van der Waals surface area contributed by atoms with Crippen molar-refractivity contribution in [3.8, 4) is 0 Å². The minimum atomic E-state index is -0.457. The first kappa shape index (κ1) is 20.5. The summed E-state index contributed by atoms with van der Waals surface area (Å²) < 4.78 is 5.19. The van der Waals surface area contributed by atoms with Crippen LogP contribution in [-0.2, 0) is 4.74 Å². The molecule has 7 nitrogen and oxygen atoms in total. The van der Waals surface area contributed by atoms with Gasteiger partial charge in [-0.3, -0.25) is 9.89 Å². The first-order valence-electron chi connectivity index (χ1n) is 9.01. The largest absolute Gasteiger partial charge is 0.444 e. The summed E-state index contributed by atoms with van der Waals surface area (Å²) in [4.78, 5) is 18.3. The maximum absolute atomic E-state index is 11.5. The van der Waals surface area contributed by atoms with Crippen LogP contribution in [0.3, 0.4) is 0 Å². The van der Waals surface area contributed by atoms with Crippen molar-refractivity contribution in [2.45, 2.75) is 58.6 Å². The van der Waals surface area contributed by atoms with E-state index in [2.05, 4.69) is 32.8 Å². The number of rotatable bonds is 7. The van der Waals surface area contributed by atoms with Crippen molar-refractivity contribution in [2.24, 2.45) is 4.99 Å². The fourth-order valence-electron chi connectivity index (χ4n) is 2.78. The minimum Gasteiger partial charge on any atom is -0.444 e. The molecule has 24 heavy (non-hydrogen) atoms. The molecule has 0 spiro atoms. The molecule has 0 aromatic carbocycles. The molecule has 0 aromatic rings. The van der Waals surface area contributed by atoms with Crippen molar-refractivity contribution in [1.29, 1.82) is 0 Å². The van der Waals surface area contributed by atoms with E-state index in [1.165, 1.54) is 19.4 Å². The van der Waals surface area contributed by atoms with E-state index in [4.69, 9.17) is 4.74 Å². The first-order chi connectivity index (χ1) is 11.4. The van der Waals surface area contributed by atoms with Gasteiger partial charge in [-0.25, -0.2) is 4.79 Å². The Morgan fingerprint density at radius 2 is 1.96 bits per heavy atom. The normalized spacial score (nSPS) is 19.2. The number of ether oxygens (including phenoxy) is 1. The van der Waals surface area contributed by atoms with Gasteiger partial charge in [-0.2, -0.15) is 0 Å². The number of aliphatic imine (C=N–C) groups is 1. The van der Waals surface area contributed by atoms with Crippen LogP contribution in [0.15, 0.2) is 4.99 Å². The zero-order valence-corrected chi connectivity index (χ0v) is 15.9. The zero-order valence-electron chi connectivity index (χ0n) is 15.9. The van der Waals surface area contributed by atoms with Gasteiger partial charge in [0.15, 0.2) is 5.96 Å². The fourth-order valence-corrected chi connectivity index (χ4v) is 2.78. The number of nitrogens with one attached hydrogen (secondary N) is 3. The summed E-state index contributed by atoms with van der Waals surface area (Å²) in [6, 6.07) is 0.599. The van der Waals surface area contributed by atoms with Crippen LogP contribution >= 0.6 is 0 Å². The summed E-state index contributed by atoms with van der Waals surface area (Å²) in [6.45, 7) is 12.3. The molecule has 1 amide bonds. The lowest BCUT2D eigenvalue weighted by Crippen LogP contribution is -2.45. The third-order valence-corrected chi connectivity index (χ3v) is 3.95. The second-order valence-corrected chi connectivity index (χ2v) is 7.09. The number of hydrogen-bond donors (Lipinski definition) is 3. The van der Waals surface area contributed by atoms with E-state index in [9.17, 15) is 4.79 Å². The highest BCUT2D eigenvalue weighted by atomic mass is 16.6. The van der Waals surface area contributed by atoms with Crippen LogP contribution in [0.4, 0.5) is 4.79 Å².